The van der Waals surface area contributed by atoms with E-state index in [1.165, 1.54) is 17.8 Å². The Hall–Kier alpha value is -3.31. The molecule has 6 rings (SSSR count). The Kier molecular flexibility index (Phi) is 10.6. The molecule has 4 heterocycles. The normalized spacial score (nSPS) is 22.9. The van der Waals surface area contributed by atoms with E-state index in [2.05, 4.69) is 48.9 Å². The lowest BCUT2D eigenvalue weighted by atomic mass is 9.92. The van der Waals surface area contributed by atoms with Crippen LogP contribution in [0.1, 0.15) is 71.3 Å². The van der Waals surface area contributed by atoms with Crippen molar-refractivity contribution in [2.75, 3.05) is 69.1 Å². The zero-order valence-corrected chi connectivity index (χ0v) is 29.7. The Balaban J connectivity index is 0.00000468. The molecule has 3 saturated heterocycles. The van der Waals surface area contributed by atoms with Crippen molar-refractivity contribution in [2.24, 2.45) is 5.41 Å². The highest BCUT2D eigenvalue weighted by Gasteiger charge is 2.44. The van der Waals surface area contributed by atoms with Crippen molar-refractivity contribution in [3.63, 3.8) is 0 Å². The van der Waals surface area contributed by atoms with Crippen LogP contribution >= 0.6 is 11.8 Å². The van der Waals surface area contributed by atoms with Gasteiger partial charge >= 0.3 is 6.03 Å². The number of amides is 4. The van der Waals surface area contributed by atoms with E-state index in [1.54, 1.807) is 6.07 Å². The van der Waals surface area contributed by atoms with Crippen LogP contribution < -0.4 is 10.2 Å². The van der Waals surface area contributed by atoms with E-state index in [0.717, 1.165) is 62.4 Å². The third-order valence-electron chi connectivity index (χ3n) is 10.4. The van der Waals surface area contributed by atoms with Crippen molar-refractivity contribution in [1.82, 2.24) is 19.6 Å². The fourth-order valence-electron chi connectivity index (χ4n) is 7.45. The van der Waals surface area contributed by atoms with Gasteiger partial charge in [-0.05, 0) is 55.3 Å². The van der Waals surface area contributed by atoms with Gasteiger partial charge in [0.2, 0.25) is 11.8 Å². The average molecular weight is 681 g/mol. The van der Waals surface area contributed by atoms with E-state index in [9.17, 15) is 14.4 Å². The van der Waals surface area contributed by atoms with Crippen molar-refractivity contribution in [2.45, 2.75) is 76.5 Å². The first kappa shape index (κ1) is 34.5. The summed E-state index contributed by atoms with van der Waals surface area (Å²) < 4.78 is 15.6. The molecule has 0 aliphatic carbocycles. The standard InChI is InChI=1S/C37H51FN6O3S.H2/c1-5-40-21-23-42(24-22-40)33-28(10-8-11-29(33)38)35-44(20-16-37(2,3)4)34(46)31(48-35)25-32(45)41-17-14-27(15-18-41)43-19-13-26-9-6-7-12-30(26)39-36(43)47;/h6-12,27,31,35H,5,13-25H2,1-4H3,(H,39,47);1H. The topological polar surface area (TPSA) is 79.4 Å². The first-order chi connectivity index (χ1) is 23.0. The number of rotatable bonds is 8. The molecule has 2 atom stereocenters. The summed E-state index contributed by atoms with van der Waals surface area (Å²) in [4.78, 5) is 51.1. The highest BCUT2D eigenvalue weighted by Crippen LogP contribution is 2.48. The van der Waals surface area contributed by atoms with Crippen LogP contribution in [0.4, 0.5) is 20.6 Å². The maximum Gasteiger partial charge on any atom is 0.322 e. The van der Waals surface area contributed by atoms with Crippen molar-refractivity contribution in [3.8, 4) is 0 Å². The molecule has 9 nitrogen and oxygen atoms in total. The summed E-state index contributed by atoms with van der Waals surface area (Å²) >= 11 is 1.50. The molecule has 262 valence electrons. The molecule has 3 fully saturated rings. The molecule has 2 aromatic carbocycles. The Morgan fingerprint density at radius 1 is 0.979 bits per heavy atom. The number of piperidine rings is 1. The summed E-state index contributed by atoms with van der Waals surface area (Å²) in [6.07, 6.45) is 3.14. The molecule has 4 aliphatic heterocycles. The number of halogens is 1. The zero-order chi connectivity index (χ0) is 34.0. The minimum Gasteiger partial charge on any atom is -0.366 e. The van der Waals surface area contributed by atoms with E-state index in [0.29, 0.717) is 44.7 Å². The maximum atomic E-state index is 15.6. The van der Waals surface area contributed by atoms with Crippen molar-refractivity contribution < 1.29 is 20.2 Å². The van der Waals surface area contributed by atoms with Gasteiger partial charge in [-0.2, -0.15) is 0 Å². The van der Waals surface area contributed by atoms with Gasteiger partial charge in [0.25, 0.3) is 0 Å². The van der Waals surface area contributed by atoms with E-state index in [-0.39, 0.29) is 48.3 Å². The van der Waals surface area contributed by atoms with Gasteiger partial charge in [0.05, 0.1) is 10.9 Å². The second kappa shape index (κ2) is 14.7. The average Bonchev–Trinajstić information content (AvgIpc) is 3.27. The number of thioether (sulfide) groups is 1. The van der Waals surface area contributed by atoms with Crippen LogP contribution in [0, 0.1) is 11.2 Å². The van der Waals surface area contributed by atoms with Crippen LogP contribution in [-0.2, 0) is 16.0 Å². The summed E-state index contributed by atoms with van der Waals surface area (Å²) in [5.41, 5.74) is 3.44. The molecule has 11 heteroatoms. The summed E-state index contributed by atoms with van der Waals surface area (Å²) in [6.45, 7) is 15.1. The number of hydrogen-bond donors (Lipinski definition) is 1. The number of urea groups is 1. The van der Waals surface area contributed by atoms with Crippen molar-refractivity contribution in [1.29, 1.82) is 0 Å². The number of likely N-dealkylation sites (N-methyl/N-ethyl adjacent to an activating group) is 1. The van der Waals surface area contributed by atoms with E-state index < -0.39 is 5.25 Å². The number of carbonyl (C=O) groups excluding carboxylic acids is 3. The lowest BCUT2D eigenvalue weighted by Crippen LogP contribution is -2.50. The second-order valence-corrected chi connectivity index (χ2v) is 16.1. The number of para-hydroxylation sites is 2. The molecular weight excluding hydrogens is 628 g/mol. The smallest absolute Gasteiger partial charge is 0.322 e. The van der Waals surface area contributed by atoms with Gasteiger partial charge in [-0.25, -0.2) is 9.18 Å². The summed E-state index contributed by atoms with van der Waals surface area (Å²) in [6, 6.07) is 13.1. The molecule has 4 aliphatic rings. The monoisotopic (exact) mass is 680 g/mol. The number of nitrogens with zero attached hydrogens (tertiary/aromatic N) is 5. The number of piperazine rings is 1. The fraction of sp³-hybridized carbons (Fsp3) is 0.595. The molecule has 2 unspecified atom stereocenters. The summed E-state index contributed by atoms with van der Waals surface area (Å²) in [5, 5.41) is 2.18. The van der Waals surface area contributed by atoms with Gasteiger partial charge in [0.15, 0.2) is 0 Å². The molecule has 0 saturated carbocycles. The molecule has 0 bridgehead atoms. The zero-order valence-electron chi connectivity index (χ0n) is 28.9. The number of anilines is 2. The van der Waals surface area contributed by atoms with Crippen LogP contribution in [0.2, 0.25) is 0 Å². The number of carbonyl (C=O) groups is 3. The maximum absolute atomic E-state index is 15.6. The van der Waals surface area contributed by atoms with Gasteiger partial charge < -0.3 is 29.8 Å². The highest BCUT2D eigenvalue weighted by molar-refractivity contribution is 8.01. The quantitative estimate of drug-likeness (QED) is 0.365. The van der Waals surface area contributed by atoms with Gasteiger partial charge in [0.1, 0.15) is 11.2 Å². The largest absolute Gasteiger partial charge is 0.366 e. The number of benzene rings is 2. The van der Waals surface area contributed by atoms with Crippen LogP contribution in [0.25, 0.3) is 0 Å². The third-order valence-corrected chi connectivity index (χ3v) is 11.9. The first-order valence-corrected chi connectivity index (χ1v) is 18.6. The predicted octanol–water partition coefficient (Wildman–Crippen LogP) is 6.06. The van der Waals surface area contributed by atoms with Crippen LogP contribution in [0.15, 0.2) is 42.5 Å². The molecular formula is C37H53FN6O3S. The lowest BCUT2D eigenvalue weighted by Gasteiger charge is -2.38. The SMILES string of the molecule is CCN1CCN(c2c(F)cccc2C2SC(CC(=O)N3CCC(N4CCc5ccccc5NC4=O)CC3)C(=O)N2CCC(C)(C)C)CC1.[HH]. The minimum absolute atomic E-state index is 0. The number of nitrogens with one attached hydrogen (secondary N) is 1. The third kappa shape index (κ3) is 7.62. The second-order valence-electron chi connectivity index (χ2n) is 14.8. The minimum atomic E-state index is -0.525. The van der Waals surface area contributed by atoms with E-state index in [4.69, 9.17) is 0 Å². The van der Waals surface area contributed by atoms with Crippen LogP contribution in [0.3, 0.4) is 0 Å². The molecule has 0 aromatic heterocycles. The molecule has 2 aromatic rings. The van der Waals surface area contributed by atoms with Crippen LogP contribution in [-0.4, -0.2) is 108 Å². The first-order valence-electron chi connectivity index (χ1n) is 17.7. The number of hydrogen-bond acceptors (Lipinski definition) is 6. The predicted molar refractivity (Wildman–Crippen MR) is 193 cm³/mol. The Labute approximate surface area is 290 Å². The highest BCUT2D eigenvalue weighted by atomic mass is 32.2. The number of likely N-dealkylation sites (tertiary alicyclic amines) is 1. The van der Waals surface area contributed by atoms with Gasteiger partial charge in [-0.15, -0.1) is 11.8 Å². The molecule has 0 radical (unpaired) electrons. The fourth-order valence-corrected chi connectivity index (χ4v) is 8.95. The Morgan fingerprint density at radius 2 is 1.71 bits per heavy atom. The Morgan fingerprint density at radius 3 is 2.42 bits per heavy atom. The summed E-state index contributed by atoms with van der Waals surface area (Å²) in [5.74, 6) is -0.325. The molecule has 0 spiro atoms. The van der Waals surface area contributed by atoms with Crippen molar-refractivity contribution >= 4 is 41.0 Å². The van der Waals surface area contributed by atoms with E-state index in [1.807, 2.05) is 39.0 Å². The van der Waals surface area contributed by atoms with Crippen LogP contribution in [0.5, 0.6) is 0 Å². The Bertz CT molecular complexity index is 1490. The van der Waals surface area contributed by atoms with Gasteiger partial charge in [-0.3, -0.25) is 9.59 Å². The molecule has 4 amide bonds. The summed E-state index contributed by atoms with van der Waals surface area (Å²) in [7, 11) is 0. The number of fused-ring (bicyclic) bond motifs is 1. The lowest BCUT2D eigenvalue weighted by molar-refractivity contribution is -0.137. The molecule has 1 N–H and O–H groups in total. The molecule has 48 heavy (non-hydrogen) atoms. The van der Waals surface area contributed by atoms with E-state index >= 15 is 4.39 Å². The van der Waals surface area contributed by atoms with Crippen molar-refractivity contribution in [3.05, 3.63) is 59.4 Å². The van der Waals surface area contributed by atoms with Gasteiger partial charge in [-0.1, -0.05) is 58.0 Å². The van der Waals surface area contributed by atoms with Gasteiger partial charge in [0, 0.05) is 77.5 Å².